The predicted octanol–water partition coefficient (Wildman–Crippen LogP) is 6.86. The molecule has 53 heavy (non-hydrogen) atoms. The highest BCUT2D eigenvalue weighted by Crippen LogP contribution is 2.63. The number of anilines is 1. The molecule has 4 heterocycles. The highest BCUT2D eigenvalue weighted by Gasteiger charge is 2.70. The van der Waals surface area contributed by atoms with E-state index in [0.717, 1.165) is 5.01 Å². The lowest BCUT2D eigenvalue weighted by atomic mass is 9.48. The van der Waals surface area contributed by atoms with Gasteiger partial charge in [0, 0.05) is 35.7 Å². The number of phenolic OH excluding ortho intramolecular Hbond substituents is 1. The number of halogens is 5. The van der Waals surface area contributed by atoms with Gasteiger partial charge in [0.2, 0.25) is 11.8 Å². The van der Waals surface area contributed by atoms with E-state index in [-0.39, 0.29) is 49.2 Å². The molecule has 6 atom stereocenters. The number of nitrogens with zero attached hydrogens (tertiary/aromatic N) is 3. The van der Waals surface area contributed by atoms with Crippen LogP contribution in [0, 0.1) is 29.6 Å². The van der Waals surface area contributed by atoms with Crippen LogP contribution >= 0.6 is 23.2 Å². The second-order valence-corrected chi connectivity index (χ2v) is 14.9. The van der Waals surface area contributed by atoms with Gasteiger partial charge < -0.3 is 9.84 Å². The average Bonchev–Trinajstić information content (AvgIpc) is 3.49. The summed E-state index contributed by atoms with van der Waals surface area (Å²) in [6.45, 7) is 2.13. The number of phenols is 1. The van der Waals surface area contributed by atoms with Crippen LogP contribution in [0.4, 0.5) is 19.0 Å². The molecule has 4 amide bonds. The fourth-order valence-electron chi connectivity index (χ4n) is 9.11. The van der Waals surface area contributed by atoms with Crippen molar-refractivity contribution in [1.29, 1.82) is 0 Å². The molecule has 0 spiro atoms. The van der Waals surface area contributed by atoms with E-state index in [1.807, 2.05) is 13.0 Å². The number of aromatic nitrogens is 1. The summed E-state index contributed by atoms with van der Waals surface area (Å²) in [6.07, 6.45) is 0.252. The molecule has 5 aliphatic rings. The number of alkyl halides is 3. The van der Waals surface area contributed by atoms with Crippen LogP contribution in [0.1, 0.15) is 42.9 Å². The van der Waals surface area contributed by atoms with E-state index in [1.165, 1.54) is 17.2 Å². The van der Waals surface area contributed by atoms with Crippen molar-refractivity contribution in [3.8, 4) is 11.5 Å². The van der Waals surface area contributed by atoms with E-state index in [1.54, 1.807) is 36.4 Å². The zero-order chi connectivity index (χ0) is 37.6. The summed E-state index contributed by atoms with van der Waals surface area (Å²) >= 11 is 12.6. The van der Waals surface area contributed by atoms with Gasteiger partial charge in [0.25, 0.3) is 11.8 Å². The monoisotopic (exact) mass is 766 g/mol. The molecule has 3 aromatic rings. The van der Waals surface area contributed by atoms with Gasteiger partial charge in [-0.15, -0.1) is 0 Å². The average molecular weight is 768 g/mol. The number of benzene rings is 2. The van der Waals surface area contributed by atoms with E-state index in [2.05, 4.69) is 10.4 Å². The van der Waals surface area contributed by atoms with Crippen LogP contribution in [0.15, 0.2) is 78.2 Å². The van der Waals surface area contributed by atoms with E-state index in [0.29, 0.717) is 51.7 Å². The van der Waals surface area contributed by atoms with Crippen molar-refractivity contribution in [1.82, 2.24) is 14.9 Å². The van der Waals surface area contributed by atoms with Gasteiger partial charge in [-0.25, -0.2) is 4.98 Å². The van der Waals surface area contributed by atoms with Gasteiger partial charge in [-0.3, -0.25) is 29.5 Å². The number of ether oxygens (including phenoxy) is 1. The Morgan fingerprint density at radius 2 is 1.77 bits per heavy atom. The molecule has 2 aliphatic carbocycles. The first kappa shape index (κ1) is 35.2. The van der Waals surface area contributed by atoms with Crippen LogP contribution in [0.5, 0.6) is 11.5 Å². The quantitative estimate of drug-likeness (QED) is 0.206. The Kier molecular flexibility index (Phi) is 8.37. The lowest BCUT2D eigenvalue weighted by Gasteiger charge is -2.51. The number of carbonyl (C=O) groups is 4. The van der Waals surface area contributed by atoms with Gasteiger partial charge in [-0.05, 0) is 72.7 Å². The topological polar surface area (TPSA) is 129 Å². The first-order valence-electron chi connectivity index (χ1n) is 17.1. The van der Waals surface area contributed by atoms with Gasteiger partial charge in [-0.1, -0.05) is 53.9 Å². The molecule has 8 rings (SSSR count). The molecular formula is C38H31Cl2F3N4O6. The first-order chi connectivity index (χ1) is 25.2. The third-order valence-electron chi connectivity index (χ3n) is 11.2. The molecule has 3 fully saturated rings. The molecule has 1 saturated carbocycles. The maximum absolute atomic E-state index is 15.3. The zero-order valence-corrected chi connectivity index (χ0v) is 29.5. The molecule has 0 radical (unpaired) electrons. The van der Waals surface area contributed by atoms with Gasteiger partial charge >= 0.3 is 6.18 Å². The maximum Gasteiger partial charge on any atom is 0.417 e. The summed E-state index contributed by atoms with van der Waals surface area (Å²) in [5, 5.41) is 11.0. The number of rotatable bonds is 6. The molecule has 2 aromatic carbocycles. The fourth-order valence-corrected chi connectivity index (χ4v) is 9.44. The highest BCUT2D eigenvalue weighted by molar-refractivity contribution is 6.33. The molecule has 2 N–H and O–H groups in total. The van der Waals surface area contributed by atoms with Gasteiger partial charge in [-0.2, -0.15) is 18.2 Å². The Morgan fingerprint density at radius 1 is 1.02 bits per heavy atom. The van der Waals surface area contributed by atoms with Crippen molar-refractivity contribution in [3.63, 3.8) is 0 Å². The Balaban J connectivity index is 1.31. The Hall–Kier alpha value is -4.88. The van der Waals surface area contributed by atoms with E-state index in [4.69, 9.17) is 27.9 Å². The number of likely N-dealkylation sites (tertiary alicyclic amines) is 1. The number of carbonyl (C=O) groups excluding carboxylic acids is 4. The zero-order valence-electron chi connectivity index (χ0n) is 28.0. The molecule has 10 nitrogen and oxygen atoms in total. The van der Waals surface area contributed by atoms with Crippen molar-refractivity contribution < 1.29 is 42.2 Å². The highest BCUT2D eigenvalue weighted by atomic mass is 35.5. The van der Waals surface area contributed by atoms with Crippen molar-refractivity contribution in [2.45, 2.75) is 44.2 Å². The molecular weight excluding hydrogens is 736 g/mol. The smallest absolute Gasteiger partial charge is 0.417 e. The van der Waals surface area contributed by atoms with Gasteiger partial charge in [0.05, 0.1) is 40.0 Å². The van der Waals surface area contributed by atoms with Crippen LogP contribution in [0.2, 0.25) is 10.0 Å². The van der Waals surface area contributed by atoms with Crippen molar-refractivity contribution in [2.24, 2.45) is 29.6 Å². The third-order valence-corrected chi connectivity index (χ3v) is 11.8. The van der Waals surface area contributed by atoms with Crippen LogP contribution in [0.3, 0.4) is 0 Å². The number of fused-ring (bicyclic) bond motifs is 5. The lowest BCUT2D eigenvalue weighted by molar-refractivity contribution is -0.141. The maximum atomic E-state index is 15.3. The summed E-state index contributed by atoms with van der Waals surface area (Å²) in [5.41, 5.74) is 2.14. The second-order valence-electron chi connectivity index (χ2n) is 14.0. The standard InChI is InChI=1S/C38H31Cl2F3N4O6/c1-2-11-46-33(49)25-9-8-24-26(30(25)35(46)51)15-27-34(50)47(45-32-28(40)14-21(16-44-32)38(41,42)43)36(52)37(27,20-3-5-22(39)6-4-20)31(24)19-12-18-13-23(48)7-10-29(18)53-17-19/h3-8,10,13-14,16-17,25-27,30-31,48H,2,9,11-12,15H2,1H3,(H,44,45)/t25-,26+,27-,30-,31-,37+/m0/s1. The van der Waals surface area contributed by atoms with E-state index >= 15 is 4.79 Å². The minimum atomic E-state index is -4.74. The van der Waals surface area contributed by atoms with Crippen LogP contribution < -0.4 is 10.2 Å². The lowest BCUT2D eigenvalue weighted by Crippen LogP contribution is -2.55. The number of allylic oxidation sites excluding steroid dienone is 3. The number of hydrazine groups is 1. The fraction of sp³-hybridized carbons (Fsp3) is 0.342. The number of amides is 4. The molecule has 274 valence electrons. The second kappa shape index (κ2) is 12.6. The van der Waals surface area contributed by atoms with Crippen LogP contribution in [-0.2, 0) is 37.2 Å². The SMILES string of the molecule is CCCN1C(=O)[C@H]2[C@H](CC=C3[C@H](C4=COc5ccc(O)cc5C4)[C@]4(c5ccc(Cl)cc5)C(=O)N(Nc5ncc(C(F)(F)F)cc5Cl)C(=O)[C@@H]4C[C@H]32)C1=O. The summed E-state index contributed by atoms with van der Waals surface area (Å²) in [4.78, 5) is 62.8. The molecule has 2 saturated heterocycles. The molecule has 15 heteroatoms. The number of hydrogen-bond acceptors (Lipinski definition) is 8. The van der Waals surface area contributed by atoms with E-state index < -0.39 is 63.6 Å². The summed E-state index contributed by atoms with van der Waals surface area (Å²) in [5.74, 6) is -6.02. The first-order valence-corrected chi connectivity index (χ1v) is 17.9. The summed E-state index contributed by atoms with van der Waals surface area (Å²) in [6, 6.07) is 11.8. The van der Waals surface area contributed by atoms with E-state index in [9.17, 15) is 32.7 Å². The normalized spacial score (nSPS) is 27.8. The summed E-state index contributed by atoms with van der Waals surface area (Å²) < 4.78 is 46.5. The number of hydrogen-bond donors (Lipinski definition) is 2. The minimum Gasteiger partial charge on any atom is -0.508 e. The van der Waals surface area contributed by atoms with Gasteiger partial charge in [0.15, 0.2) is 5.82 Å². The molecule has 1 aromatic heterocycles. The number of aromatic hydroxyl groups is 1. The third kappa shape index (κ3) is 5.33. The number of imide groups is 2. The van der Waals surface area contributed by atoms with Crippen LogP contribution in [0.25, 0.3) is 0 Å². The molecule has 3 aliphatic heterocycles. The minimum absolute atomic E-state index is 0.00497. The number of nitrogens with one attached hydrogen (secondary N) is 1. The van der Waals surface area contributed by atoms with Gasteiger partial charge in [0.1, 0.15) is 11.5 Å². The summed E-state index contributed by atoms with van der Waals surface area (Å²) in [7, 11) is 0. The Morgan fingerprint density at radius 3 is 2.47 bits per heavy atom. The largest absolute Gasteiger partial charge is 0.508 e. The predicted molar refractivity (Wildman–Crippen MR) is 185 cm³/mol. The van der Waals surface area contributed by atoms with Crippen LogP contribution in [-0.4, -0.2) is 50.2 Å². The van der Waals surface area contributed by atoms with Crippen molar-refractivity contribution in [2.75, 3.05) is 12.0 Å². The van der Waals surface area contributed by atoms with Crippen molar-refractivity contribution >= 4 is 52.6 Å². The molecule has 0 bridgehead atoms. The number of pyridine rings is 1. The molecule has 0 unspecified atom stereocenters. The Labute approximate surface area is 311 Å². The van der Waals surface area contributed by atoms with Crippen molar-refractivity contribution in [3.05, 3.63) is 105 Å². The Bertz CT molecular complexity index is 2160.